The van der Waals surface area contributed by atoms with Crippen molar-refractivity contribution in [2.24, 2.45) is 7.05 Å². The molecule has 7 nitrogen and oxygen atoms in total. The number of carbonyl (C=O) groups excluding carboxylic acids is 2. The molecule has 29 heavy (non-hydrogen) atoms. The van der Waals surface area contributed by atoms with Crippen LogP contribution in [-0.2, 0) is 13.6 Å². The zero-order valence-corrected chi connectivity index (χ0v) is 16.8. The van der Waals surface area contributed by atoms with E-state index < -0.39 is 0 Å². The molecule has 3 aromatic rings. The SMILES string of the molecule is CN1CCN(C(=O)c2ccc(CNC(=O)c3nn(C)c4ccccc34)cc2)CC1. The summed E-state index contributed by atoms with van der Waals surface area (Å²) < 4.78 is 1.71. The van der Waals surface area contributed by atoms with Crippen LogP contribution in [-0.4, -0.2) is 64.6 Å². The van der Waals surface area contributed by atoms with Gasteiger partial charge in [0.15, 0.2) is 5.69 Å². The molecule has 1 N–H and O–H groups in total. The number of benzene rings is 2. The number of hydrogen-bond acceptors (Lipinski definition) is 4. The second kappa shape index (κ2) is 8.05. The minimum atomic E-state index is -0.209. The lowest BCUT2D eigenvalue weighted by Gasteiger charge is -2.32. The van der Waals surface area contributed by atoms with Crippen LogP contribution in [0.1, 0.15) is 26.4 Å². The molecule has 7 heteroatoms. The normalized spacial score (nSPS) is 14.9. The fraction of sp³-hybridized carbons (Fsp3) is 0.318. The van der Waals surface area contributed by atoms with Crippen molar-refractivity contribution in [1.29, 1.82) is 0 Å². The number of amides is 2. The monoisotopic (exact) mass is 391 g/mol. The summed E-state index contributed by atoms with van der Waals surface area (Å²) >= 11 is 0. The van der Waals surface area contributed by atoms with Gasteiger partial charge in [-0.3, -0.25) is 14.3 Å². The van der Waals surface area contributed by atoms with Gasteiger partial charge in [0.05, 0.1) is 5.52 Å². The number of likely N-dealkylation sites (N-methyl/N-ethyl adjacent to an activating group) is 1. The predicted molar refractivity (Wildman–Crippen MR) is 112 cm³/mol. The van der Waals surface area contributed by atoms with E-state index in [2.05, 4.69) is 22.4 Å². The van der Waals surface area contributed by atoms with Crippen molar-refractivity contribution in [1.82, 2.24) is 24.9 Å². The molecular weight excluding hydrogens is 366 g/mol. The maximum Gasteiger partial charge on any atom is 0.272 e. The van der Waals surface area contributed by atoms with E-state index in [9.17, 15) is 9.59 Å². The number of aryl methyl sites for hydroxylation is 1. The van der Waals surface area contributed by atoms with E-state index >= 15 is 0 Å². The third-order valence-electron chi connectivity index (χ3n) is 5.42. The van der Waals surface area contributed by atoms with Crippen molar-refractivity contribution in [2.75, 3.05) is 33.2 Å². The molecule has 1 aromatic heterocycles. The number of rotatable bonds is 4. The first-order valence-electron chi connectivity index (χ1n) is 9.79. The average molecular weight is 391 g/mol. The van der Waals surface area contributed by atoms with Crippen molar-refractivity contribution in [3.05, 3.63) is 65.4 Å². The molecule has 0 spiro atoms. The van der Waals surface area contributed by atoms with Gasteiger partial charge in [-0.15, -0.1) is 0 Å². The molecule has 1 aliphatic heterocycles. The van der Waals surface area contributed by atoms with Crippen LogP contribution in [0.15, 0.2) is 48.5 Å². The highest BCUT2D eigenvalue weighted by Gasteiger charge is 2.20. The van der Waals surface area contributed by atoms with E-state index in [0.717, 1.165) is 42.6 Å². The largest absolute Gasteiger partial charge is 0.347 e. The fourth-order valence-electron chi connectivity index (χ4n) is 3.60. The minimum Gasteiger partial charge on any atom is -0.347 e. The lowest BCUT2D eigenvalue weighted by molar-refractivity contribution is 0.0664. The van der Waals surface area contributed by atoms with Crippen LogP contribution in [0, 0.1) is 0 Å². The fourth-order valence-corrected chi connectivity index (χ4v) is 3.60. The van der Waals surface area contributed by atoms with E-state index in [1.807, 2.05) is 60.5 Å². The molecule has 150 valence electrons. The number of fused-ring (bicyclic) bond motifs is 1. The number of nitrogens with zero attached hydrogens (tertiary/aromatic N) is 4. The van der Waals surface area contributed by atoms with Crippen LogP contribution in [0.4, 0.5) is 0 Å². The summed E-state index contributed by atoms with van der Waals surface area (Å²) in [7, 11) is 3.90. The molecule has 4 rings (SSSR count). The van der Waals surface area contributed by atoms with Crippen molar-refractivity contribution < 1.29 is 9.59 Å². The highest BCUT2D eigenvalue weighted by Crippen LogP contribution is 2.17. The maximum absolute atomic E-state index is 12.6. The first-order chi connectivity index (χ1) is 14.0. The zero-order chi connectivity index (χ0) is 20.4. The second-order valence-corrected chi connectivity index (χ2v) is 7.46. The number of aromatic nitrogens is 2. The van der Waals surface area contributed by atoms with Crippen LogP contribution in [0.2, 0.25) is 0 Å². The van der Waals surface area contributed by atoms with Crippen molar-refractivity contribution >= 4 is 22.7 Å². The molecule has 0 bridgehead atoms. The van der Waals surface area contributed by atoms with E-state index in [1.165, 1.54) is 0 Å². The van der Waals surface area contributed by atoms with Crippen molar-refractivity contribution in [2.45, 2.75) is 6.54 Å². The van der Waals surface area contributed by atoms with Gasteiger partial charge in [-0.1, -0.05) is 30.3 Å². The van der Waals surface area contributed by atoms with Crippen molar-refractivity contribution in [3.63, 3.8) is 0 Å². The molecule has 1 fully saturated rings. The Morgan fingerprint density at radius 3 is 2.38 bits per heavy atom. The van der Waals surface area contributed by atoms with Gasteiger partial charge < -0.3 is 15.1 Å². The zero-order valence-electron chi connectivity index (χ0n) is 16.8. The molecule has 2 heterocycles. The molecule has 1 aliphatic rings. The Bertz CT molecular complexity index is 1030. The summed E-state index contributed by atoms with van der Waals surface area (Å²) in [6.07, 6.45) is 0. The van der Waals surface area contributed by atoms with Gasteiger partial charge in [-0.2, -0.15) is 5.10 Å². The molecular formula is C22H25N5O2. The summed E-state index contributed by atoms with van der Waals surface area (Å²) in [5.74, 6) is -0.145. The third-order valence-corrected chi connectivity index (χ3v) is 5.42. The Labute approximate surface area is 169 Å². The highest BCUT2D eigenvalue weighted by molar-refractivity contribution is 6.04. The molecule has 0 radical (unpaired) electrons. The molecule has 0 aliphatic carbocycles. The van der Waals surface area contributed by atoms with E-state index in [4.69, 9.17) is 0 Å². The third kappa shape index (κ3) is 4.00. The van der Waals surface area contributed by atoms with Gasteiger partial charge in [-0.25, -0.2) is 0 Å². The van der Waals surface area contributed by atoms with Gasteiger partial charge >= 0.3 is 0 Å². The molecule has 0 atom stereocenters. The topological polar surface area (TPSA) is 70.5 Å². The average Bonchev–Trinajstić information content (AvgIpc) is 3.09. The van der Waals surface area contributed by atoms with Gasteiger partial charge in [0, 0.05) is 50.7 Å². The van der Waals surface area contributed by atoms with E-state index in [-0.39, 0.29) is 11.8 Å². The van der Waals surface area contributed by atoms with Gasteiger partial charge in [0.1, 0.15) is 0 Å². The van der Waals surface area contributed by atoms with E-state index in [0.29, 0.717) is 17.8 Å². The Balaban J connectivity index is 1.39. The minimum absolute atomic E-state index is 0.0636. The number of carbonyl (C=O) groups is 2. The van der Waals surface area contributed by atoms with Crippen LogP contribution < -0.4 is 5.32 Å². The number of piperazine rings is 1. The quantitative estimate of drug-likeness (QED) is 0.737. The lowest BCUT2D eigenvalue weighted by Crippen LogP contribution is -2.47. The van der Waals surface area contributed by atoms with Crippen LogP contribution in [0.3, 0.4) is 0 Å². The van der Waals surface area contributed by atoms with Crippen LogP contribution >= 0.6 is 0 Å². The number of nitrogens with one attached hydrogen (secondary N) is 1. The smallest absolute Gasteiger partial charge is 0.272 e. The lowest BCUT2D eigenvalue weighted by atomic mass is 10.1. The Hall–Kier alpha value is -3.19. The highest BCUT2D eigenvalue weighted by atomic mass is 16.2. The van der Waals surface area contributed by atoms with Crippen LogP contribution in [0.25, 0.3) is 10.9 Å². The van der Waals surface area contributed by atoms with Gasteiger partial charge in [0.2, 0.25) is 0 Å². The summed E-state index contributed by atoms with van der Waals surface area (Å²) in [4.78, 5) is 29.3. The summed E-state index contributed by atoms with van der Waals surface area (Å²) in [5, 5.41) is 8.10. The van der Waals surface area contributed by atoms with Gasteiger partial charge in [-0.05, 0) is 30.8 Å². The molecule has 0 unspecified atom stereocenters. The summed E-state index contributed by atoms with van der Waals surface area (Å²) in [6, 6.07) is 15.1. The molecule has 2 amide bonds. The molecule has 2 aromatic carbocycles. The predicted octanol–water partition coefficient (Wildman–Crippen LogP) is 1.89. The first kappa shape index (κ1) is 19.1. The number of para-hydroxylation sites is 1. The summed E-state index contributed by atoms with van der Waals surface area (Å²) in [5.41, 5.74) is 2.96. The first-order valence-corrected chi connectivity index (χ1v) is 9.79. The molecule has 1 saturated heterocycles. The Morgan fingerprint density at radius 2 is 1.66 bits per heavy atom. The second-order valence-electron chi connectivity index (χ2n) is 7.46. The summed E-state index contributed by atoms with van der Waals surface area (Å²) in [6.45, 7) is 3.69. The standard InChI is InChI=1S/C22H25N5O2/c1-25-11-13-27(14-12-25)22(29)17-9-7-16(8-10-17)15-23-21(28)20-18-5-3-4-6-19(18)26(2)24-20/h3-10H,11-15H2,1-2H3,(H,23,28). The van der Waals surface area contributed by atoms with Crippen molar-refractivity contribution in [3.8, 4) is 0 Å². The molecule has 0 saturated carbocycles. The Morgan fingerprint density at radius 1 is 0.966 bits per heavy atom. The maximum atomic E-state index is 12.6. The van der Waals surface area contributed by atoms with Gasteiger partial charge in [0.25, 0.3) is 11.8 Å². The van der Waals surface area contributed by atoms with E-state index in [1.54, 1.807) is 4.68 Å². The Kier molecular flexibility index (Phi) is 5.31. The number of hydrogen-bond donors (Lipinski definition) is 1. The van der Waals surface area contributed by atoms with Crippen LogP contribution in [0.5, 0.6) is 0 Å².